The van der Waals surface area contributed by atoms with E-state index in [9.17, 15) is 0 Å². The van der Waals surface area contributed by atoms with Gasteiger partial charge in [-0.3, -0.25) is 0 Å². The Bertz CT molecular complexity index is 353. The van der Waals surface area contributed by atoms with Crippen LogP contribution in [0.5, 0.6) is 0 Å². The first-order valence-electron chi connectivity index (χ1n) is 4.90. The van der Waals surface area contributed by atoms with Crippen molar-refractivity contribution < 1.29 is 0 Å². The van der Waals surface area contributed by atoms with Gasteiger partial charge in [0.1, 0.15) is 0 Å². The van der Waals surface area contributed by atoms with Crippen LogP contribution in [0.4, 0.5) is 5.69 Å². The smallest absolute Gasteiger partial charge is 0.0317 e. The van der Waals surface area contributed by atoms with E-state index in [0.717, 1.165) is 18.8 Å². The Hall–Kier alpha value is -1.02. The molecule has 1 aliphatic heterocycles. The summed E-state index contributed by atoms with van der Waals surface area (Å²) in [5, 5.41) is 3.47. The highest BCUT2D eigenvalue weighted by Crippen LogP contribution is 2.50. The van der Waals surface area contributed by atoms with Crippen LogP contribution in [0.25, 0.3) is 0 Å². The van der Waals surface area contributed by atoms with Crippen molar-refractivity contribution in [2.45, 2.75) is 24.8 Å². The molecular weight excluding hydrogens is 160 g/mol. The van der Waals surface area contributed by atoms with Gasteiger partial charge in [0, 0.05) is 24.2 Å². The summed E-state index contributed by atoms with van der Waals surface area (Å²) in [5.74, 6) is 0. The average molecular weight is 174 g/mol. The Kier molecular flexibility index (Phi) is 1.29. The van der Waals surface area contributed by atoms with Gasteiger partial charge >= 0.3 is 0 Å². The molecule has 1 heterocycles. The number of nitrogens with one attached hydrogen (secondary N) is 1. The molecular formula is C11H14N2. The van der Waals surface area contributed by atoms with Crippen LogP contribution in [0.15, 0.2) is 18.2 Å². The Balaban J connectivity index is 2.15. The summed E-state index contributed by atoms with van der Waals surface area (Å²) in [6.45, 7) is 2.14. The molecule has 1 aromatic rings. The van der Waals surface area contributed by atoms with Gasteiger partial charge in [-0.15, -0.1) is 0 Å². The van der Waals surface area contributed by atoms with Crippen LogP contribution >= 0.6 is 0 Å². The van der Waals surface area contributed by atoms with Gasteiger partial charge in [0.15, 0.2) is 0 Å². The van der Waals surface area contributed by atoms with Crippen LogP contribution in [0.2, 0.25) is 0 Å². The van der Waals surface area contributed by atoms with Crippen molar-refractivity contribution in [2.75, 3.05) is 12.3 Å². The number of rotatable bonds is 0. The van der Waals surface area contributed by atoms with Crippen LogP contribution < -0.4 is 11.1 Å². The quantitative estimate of drug-likeness (QED) is 0.583. The van der Waals surface area contributed by atoms with Crippen molar-refractivity contribution in [1.82, 2.24) is 5.32 Å². The number of hydrogen-bond acceptors (Lipinski definition) is 2. The van der Waals surface area contributed by atoms with E-state index in [0.29, 0.717) is 5.41 Å². The van der Waals surface area contributed by atoms with E-state index in [-0.39, 0.29) is 0 Å². The first-order valence-corrected chi connectivity index (χ1v) is 4.90. The lowest BCUT2D eigenvalue weighted by atomic mass is 9.88. The second-order valence-electron chi connectivity index (χ2n) is 4.30. The minimum absolute atomic E-state index is 0.487. The summed E-state index contributed by atoms with van der Waals surface area (Å²) in [6.07, 6.45) is 2.69. The zero-order valence-electron chi connectivity index (χ0n) is 7.64. The fraction of sp³-hybridized carbons (Fsp3) is 0.455. The molecule has 0 radical (unpaired) electrons. The molecule has 1 aliphatic carbocycles. The summed E-state index contributed by atoms with van der Waals surface area (Å²) in [5.41, 5.74) is 10.1. The predicted molar refractivity (Wildman–Crippen MR) is 53.5 cm³/mol. The molecule has 0 amide bonds. The normalized spacial score (nSPS) is 22.8. The van der Waals surface area contributed by atoms with Gasteiger partial charge < -0.3 is 11.1 Å². The third-order valence-corrected chi connectivity index (χ3v) is 3.33. The Morgan fingerprint density at radius 3 is 2.92 bits per heavy atom. The van der Waals surface area contributed by atoms with Crippen molar-refractivity contribution in [1.29, 1.82) is 0 Å². The van der Waals surface area contributed by atoms with Crippen molar-refractivity contribution >= 4 is 5.69 Å². The summed E-state index contributed by atoms with van der Waals surface area (Å²) >= 11 is 0. The molecule has 1 saturated carbocycles. The highest BCUT2D eigenvalue weighted by Gasteiger charge is 2.46. The minimum Gasteiger partial charge on any atom is -0.399 e. The maximum atomic E-state index is 5.76. The molecule has 0 atom stereocenters. The minimum atomic E-state index is 0.487. The summed E-state index contributed by atoms with van der Waals surface area (Å²) in [4.78, 5) is 0. The molecule has 1 fully saturated rings. The Labute approximate surface area is 78.1 Å². The molecule has 0 saturated heterocycles. The number of anilines is 1. The second-order valence-corrected chi connectivity index (χ2v) is 4.30. The molecule has 2 nitrogen and oxygen atoms in total. The maximum Gasteiger partial charge on any atom is 0.0317 e. The number of hydrogen-bond donors (Lipinski definition) is 2. The van der Waals surface area contributed by atoms with E-state index in [4.69, 9.17) is 5.73 Å². The van der Waals surface area contributed by atoms with Gasteiger partial charge in [0.25, 0.3) is 0 Å². The molecule has 0 unspecified atom stereocenters. The first-order chi connectivity index (χ1) is 6.30. The molecule has 3 N–H and O–H groups in total. The maximum absolute atomic E-state index is 5.76. The lowest BCUT2D eigenvalue weighted by Gasteiger charge is -2.26. The fourth-order valence-electron chi connectivity index (χ4n) is 2.41. The van der Waals surface area contributed by atoms with Crippen LogP contribution in [-0.4, -0.2) is 6.54 Å². The molecule has 2 aliphatic rings. The van der Waals surface area contributed by atoms with E-state index in [1.165, 1.54) is 18.4 Å². The highest BCUT2D eigenvalue weighted by atomic mass is 14.9. The van der Waals surface area contributed by atoms with Gasteiger partial charge in [-0.25, -0.2) is 0 Å². The van der Waals surface area contributed by atoms with Gasteiger partial charge in [-0.05, 0) is 36.1 Å². The molecule has 3 rings (SSSR count). The van der Waals surface area contributed by atoms with Crippen molar-refractivity contribution in [3.05, 3.63) is 29.3 Å². The summed E-state index contributed by atoms with van der Waals surface area (Å²) in [7, 11) is 0. The average Bonchev–Trinajstić information content (AvgIpc) is 2.86. The van der Waals surface area contributed by atoms with Gasteiger partial charge in [0.05, 0.1) is 0 Å². The summed E-state index contributed by atoms with van der Waals surface area (Å²) < 4.78 is 0. The van der Waals surface area contributed by atoms with Crippen molar-refractivity contribution in [2.24, 2.45) is 0 Å². The molecule has 0 bridgehead atoms. The van der Waals surface area contributed by atoms with E-state index >= 15 is 0 Å². The topological polar surface area (TPSA) is 38.0 Å². The predicted octanol–water partition coefficient (Wildman–Crippen LogP) is 1.40. The standard InChI is InChI=1S/C11H14N2/c12-9-1-2-10-8(5-9)6-13-7-11(10)3-4-11/h1-2,5,13H,3-4,6-7,12H2. The highest BCUT2D eigenvalue weighted by molar-refractivity contribution is 5.50. The van der Waals surface area contributed by atoms with Crippen molar-refractivity contribution in [3.63, 3.8) is 0 Å². The molecule has 0 aromatic heterocycles. The molecule has 13 heavy (non-hydrogen) atoms. The number of benzene rings is 1. The van der Waals surface area contributed by atoms with Crippen LogP contribution in [0.3, 0.4) is 0 Å². The van der Waals surface area contributed by atoms with Crippen LogP contribution in [0, 0.1) is 0 Å². The number of nitrogen functional groups attached to an aromatic ring is 1. The van der Waals surface area contributed by atoms with Crippen LogP contribution in [0.1, 0.15) is 24.0 Å². The monoisotopic (exact) mass is 174 g/mol. The zero-order valence-corrected chi connectivity index (χ0v) is 7.64. The zero-order chi connectivity index (χ0) is 8.89. The third-order valence-electron chi connectivity index (χ3n) is 3.33. The fourth-order valence-corrected chi connectivity index (χ4v) is 2.41. The SMILES string of the molecule is Nc1ccc2c(c1)CNCC21CC1. The van der Waals surface area contributed by atoms with E-state index in [1.54, 1.807) is 5.56 Å². The van der Waals surface area contributed by atoms with Gasteiger partial charge in [0.2, 0.25) is 0 Å². The van der Waals surface area contributed by atoms with E-state index < -0.39 is 0 Å². The molecule has 1 spiro atoms. The van der Waals surface area contributed by atoms with Crippen molar-refractivity contribution in [3.8, 4) is 0 Å². The van der Waals surface area contributed by atoms with Crippen LogP contribution in [-0.2, 0) is 12.0 Å². The van der Waals surface area contributed by atoms with Gasteiger partial charge in [-0.1, -0.05) is 6.07 Å². The Morgan fingerprint density at radius 2 is 2.15 bits per heavy atom. The Morgan fingerprint density at radius 1 is 1.31 bits per heavy atom. The molecule has 1 aromatic carbocycles. The largest absolute Gasteiger partial charge is 0.399 e. The summed E-state index contributed by atoms with van der Waals surface area (Å²) in [6, 6.07) is 6.37. The molecule has 2 heteroatoms. The lowest BCUT2D eigenvalue weighted by Crippen LogP contribution is -2.33. The van der Waals surface area contributed by atoms with Gasteiger partial charge in [-0.2, -0.15) is 0 Å². The number of fused-ring (bicyclic) bond motifs is 2. The van der Waals surface area contributed by atoms with E-state index in [2.05, 4.69) is 17.4 Å². The first kappa shape index (κ1) is 7.39. The van der Waals surface area contributed by atoms with E-state index in [1.807, 2.05) is 6.07 Å². The lowest BCUT2D eigenvalue weighted by molar-refractivity contribution is 0.531. The number of nitrogens with two attached hydrogens (primary N) is 1. The second kappa shape index (κ2) is 2.26. The molecule has 68 valence electrons. The third kappa shape index (κ3) is 0.985.